The average molecular weight is 1350 g/mol. The molecule has 0 spiro atoms. The first-order chi connectivity index (χ1) is 25.9. The van der Waals surface area contributed by atoms with Gasteiger partial charge in [0.05, 0.1) is 0 Å². The number of hydrogen-bond donors (Lipinski definition) is 0. The Bertz CT molecular complexity index is 1790. The molecule has 59 heavy (non-hydrogen) atoms. The van der Waals surface area contributed by atoms with Gasteiger partial charge in [-0.05, 0) is 82.1 Å². The molecule has 0 unspecified atom stereocenters. The molecule has 6 aromatic carbocycles. The Balaban J connectivity index is -0.000000156. The Kier molecular flexibility index (Phi) is 72.2. The minimum absolute atomic E-state index is 0. The van der Waals surface area contributed by atoms with E-state index in [0.717, 1.165) is 102 Å². The summed E-state index contributed by atoms with van der Waals surface area (Å²) in [4.78, 5) is 4.51. The Labute approximate surface area is 706 Å². The SMILES string of the molecule is C=CC.C=CC.C=CC.C=CC.Cc1ccc(N(c2cc[c-]cc2)c2ccc(-c3ccc(N(c4cc[c-]cc4)c4cc[c-]cc4)cc3)cc2)cc1.[H-].[H-].[H-].[Rb+].[Rb+].[Rb+].[Rb+].[Rb+].[Rb+].[Rb][Rb]. The van der Waals surface area contributed by atoms with E-state index in [9.17, 15) is 0 Å². The van der Waals surface area contributed by atoms with Crippen molar-refractivity contribution in [3.8, 4) is 11.1 Å². The van der Waals surface area contributed by atoms with Gasteiger partial charge in [-0.15, -0.1) is 62.7 Å². The molecule has 0 aliphatic carbocycles. The summed E-state index contributed by atoms with van der Waals surface area (Å²) in [5, 5.41) is 0. The molecule has 0 saturated carbocycles. The van der Waals surface area contributed by atoms with E-state index >= 15 is 0 Å². The van der Waals surface area contributed by atoms with Crippen LogP contribution in [0.3, 0.4) is 0 Å². The van der Waals surface area contributed by atoms with Gasteiger partial charge in [0.25, 0.3) is 0 Å². The van der Waals surface area contributed by atoms with Crippen molar-refractivity contribution in [2.45, 2.75) is 34.6 Å². The van der Waals surface area contributed by atoms with Gasteiger partial charge in [-0.3, -0.25) is 0 Å². The van der Waals surface area contributed by atoms with Crippen molar-refractivity contribution in [3.05, 3.63) is 220 Å². The van der Waals surface area contributed by atoms with Gasteiger partial charge in [0.2, 0.25) is 0 Å². The number of aryl methyl sites for hydroxylation is 1. The monoisotopic (exact) mass is 1350 g/mol. The molecule has 0 radical (unpaired) electrons. The first-order valence-electron chi connectivity index (χ1n) is 18.0. The number of anilines is 6. The number of nitrogens with zero attached hydrogens (tertiary/aromatic N) is 2. The number of hydrogen-bond acceptors (Lipinski definition) is 2. The molecule has 0 aromatic heterocycles. The second-order valence-electron chi connectivity index (χ2n) is 11.0. The van der Waals surface area contributed by atoms with Crippen molar-refractivity contribution in [2.24, 2.45) is 0 Å². The molecular formula is C49H54N2Rb8. The van der Waals surface area contributed by atoms with Crippen molar-refractivity contribution < 1.29 is 353 Å². The predicted octanol–water partition coefficient (Wildman–Crippen LogP) is -3.63. The van der Waals surface area contributed by atoms with E-state index in [1.54, 1.807) is 24.3 Å². The van der Waals surface area contributed by atoms with Gasteiger partial charge in [-0.2, -0.15) is 54.6 Å². The minimum atomic E-state index is 0. The Hall–Kier alpha value is 8.32. The van der Waals surface area contributed by atoms with E-state index in [1.165, 1.54) is 16.7 Å². The van der Waals surface area contributed by atoms with Crippen LogP contribution in [0.25, 0.3) is 11.1 Å². The van der Waals surface area contributed by atoms with Crippen molar-refractivity contribution in [2.75, 3.05) is 9.80 Å². The zero-order chi connectivity index (χ0) is 39.3. The summed E-state index contributed by atoms with van der Waals surface area (Å²) >= 11 is 2.32. The summed E-state index contributed by atoms with van der Waals surface area (Å²) in [5.41, 5.74) is 10.2. The molecule has 2 nitrogen and oxygen atoms in total. The summed E-state index contributed by atoms with van der Waals surface area (Å²) in [6.07, 6.45) is 7.00. The van der Waals surface area contributed by atoms with Gasteiger partial charge < -0.3 is 14.1 Å². The van der Waals surface area contributed by atoms with Crippen LogP contribution in [0.4, 0.5) is 34.1 Å². The molecule has 0 aliphatic rings. The molecule has 0 atom stereocenters. The van der Waals surface area contributed by atoms with Crippen LogP contribution in [0.1, 0.15) is 37.5 Å². The standard InChI is InChI=1S/C37H27N2.4C3H6.8Rb.3H/c1-29-17-23-35(24-18-29)39(34-15-9-4-10-16-34)37-27-21-31(22-28-37)30-19-25-36(26-20-30)38(32-11-5-2-6-12-32)33-13-7-3-8-14-33;4*1-3-2;;;;;;;;;;;/h5-28H,1H3;4*3H,1H2,2H3;;;;;;;;;;;/q-3;;;;;;;6*+1;3*-1. The molecule has 0 fully saturated rings. The van der Waals surface area contributed by atoms with Crippen LogP contribution in [-0.4, -0.2) is 67.7 Å². The fourth-order valence-electron chi connectivity index (χ4n) is 4.78. The fourth-order valence-corrected chi connectivity index (χ4v) is 4.78. The van der Waals surface area contributed by atoms with Crippen LogP contribution >= 0.6 is 0 Å². The summed E-state index contributed by atoms with van der Waals surface area (Å²) < 4.78 is 0. The van der Waals surface area contributed by atoms with E-state index in [0.29, 0.717) is 0 Å². The number of benzene rings is 6. The Morgan fingerprint density at radius 2 is 0.542 bits per heavy atom. The van der Waals surface area contributed by atoms with Gasteiger partial charge in [0, 0.05) is 17.1 Å². The van der Waals surface area contributed by atoms with E-state index in [2.05, 4.69) is 170 Å². The van der Waals surface area contributed by atoms with Crippen molar-refractivity contribution in [1.29, 1.82) is 0 Å². The maximum atomic E-state index is 3.36. The molecule has 0 aliphatic heterocycles. The van der Waals surface area contributed by atoms with Gasteiger partial charge in [-0.1, -0.05) is 83.3 Å². The molecule has 268 valence electrons. The number of rotatable bonds is 7. The van der Waals surface area contributed by atoms with E-state index in [4.69, 9.17) is 0 Å². The van der Waals surface area contributed by atoms with Gasteiger partial charge in [-0.25, -0.2) is 0 Å². The van der Waals surface area contributed by atoms with Crippen molar-refractivity contribution >= 4 is 102 Å². The molecule has 6 aromatic rings. The summed E-state index contributed by atoms with van der Waals surface area (Å²) in [5.74, 6) is 0. The van der Waals surface area contributed by atoms with Gasteiger partial charge in [0.15, 0.2) is 0 Å². The predicted molar refractivity (Wildman–Crippen MR) is 241 cm³/mol. The molecule has 0 bridgehead atoms. The zero-order valence-corrected chi connectivity index (χ0v) is 78.2. The van der Waals surface area contributed by atoms with Crippen LogP contribution in [0.15, 0.2) is 196 Å². The summed E-state index contributed by atoms with van der Waals surface area (Å²) in [6, 6.07) is 59.7. The third-order valence-corrected chi connectivity index (χ3v) is 6.75. The zero-order valence-electron chi connectivity index (χ0n) is 41.9. The Morgan fingerprint density at radius 1 is 0.373 bits per heavy atom. The van der Waals surface area contributed by atoms with E-state index in [1.807, 2.05) is 64.1 Å². The molecule has 0 saturated heterocycles. The van der Waals surface area contributed by atoms with Crippen LogP contribution in [-0.2, 0) is 0 Å². The van der Waals surface area contributed by atoms with Crippen LogP contribution in [0.2, 0.25) is 0 Å². The fraction of sp³-hybridized carbons (Fsp3) is 0.102. The van der Waals surface area contributed by atoms with Gasteiger partial charge in [0.1, 0.15) is 0 Å². The Morgan fingerprint density at radius 3 is 0.746 bits per heavy atom. The van der Waals surface area contributed by atoms with Crippen LogP contribution < -0.4 is 359 Å². The molecule has 0 N–H and O–H groups in total. The van der Waals surface area contributed by atoms with Crippen LogP contribution in [0, 0.1) is 25.1 Å². The van der Waals surface area contributed by atoms with Gasteiger partial charge >= 0.3 is 417 Å². The number of allylic oxidation sites excluding steroid dienone is 4. The molecular weight excluding hydrogens is 1300 g/mol. The molecule has 0 amide bonds. The molecule has 0 heterocycles. The maximum absolute atomic E-state index is 3.36. The summed E-state index contributed by atoms with van der Waals surface area (Å²) in [7, 11) is 0. The summed E-state index contributed by atoms with van der Waals surface area (Å²) in [6.45, 7) is 23.1. The third kappa shape index (κ3) is 33.6. The first-order valence-corrected chi connectivity index (χ1v) is 52.0. The quantitative estimate of drug-likeness (QED) is 0.121. The van der Waals surface area contributed by atoms with Crippen LogP contribution in [0.5, 0.6) is 0 Å². The topological polar surface area (TPSA) is 6.48 Å². The van der Waals surface area contributed by atoms with Crippen molar-refractivity contribution in [3.63, 3.8) is 0 Å². The van der Waals surface area contributed by atoms with E-state index in [-0.39, 0.29) is 353 Å². The van der Waals surface area contributed by atoms with Crippen molar-refractivity contribution in [1.82, 2.24) is 0 Å². The normalized spacial score (nSPS) is 8.08. The third-order valence-electron chi connectivity index (χ3n) is 6.75. The molecule has 10 heteroatoms. The molecule has 6 rings (SSSR count). The van der Waals surface area contributed by atoms with E-state index < -0.39 is 0 Å². The first kappa shape index (κ1) is 78.7. The second-order valence-corrected chi connectivity index (χ2v) is 11.0. The average Bonchev–Trinajstić information content (AvgIpc) is 3.20. The second kappa shape index (κ2) is 54.1.